The fourth-order valence-electron chi connectivity index (χ4n) is 12.1. The zero-order valence-electron chi connectivity index (χ0n) is 63.8. The minimum absolute atomic E-state index is 0.292. The predicted molar refractivity (Wildman–Crippen MR) is 462 cm³/mol. The Balaban J connectivity index is 0.000000123. The first-order valence-corrected chi connectivity index (χ1v) is 37.6. The molecule has 4 aromatic carbocycles. The molecule has 21 heteroatoms. The number of hydrogen-bond donors (Lipinski definition) is 0. The Hall–Kier alpha value is -17.6. The van der Waals surface area contributed by atoms with Gasteiger partial charge in [0, 0.05) is 199 Å². The van der Waals surface area contributed by atoms with Gasteiger partial charge in [0.2, 0.25) is 17.5 Å². The topological polar surface area (TPSA) is 271 Å². The monoisotopic (exact) mass is 1550 g/mol. The lowest BCUT2D eigenvalue weighted by molar-refractivity contribution is 0.976. The van der Waals surface area contributed by atoms with Gasteiger partial charge in [-0.1, -0.05) is 90.6 Å². The number of hydrogen-bond acceptors (Lipinski definition) is 21. The van der Waals surface area contributed by atoms with Crippen LogP contribution in [0, 0.1) is 35.5 Å². The van der Waals surface area contributed by atoms with Gasteiger partial charge in [0.1, 0.15) is 0 Å². The van der Waals surface area contributed by atoms with E-state index in [4.69, 9.17) is 15.0 Å². The molecule has 0 aliphatic heterocycles. The van der Waals surface area contributed by atoms with Crippen LogP contribution in [-0.2, 0) is 0 Å². The zero-order chi connectivity index (χ0) is 81.0. The molecule has 0 aliphatic carbocycles. The second-order valence-corrected chi connectivity index (χ2v) is 26.0. The lowest BCUT2D eigenvalue weighted by Gasteiger charge is -2.11. The maximum Gasteiger partial charge on any atom is 0.210 e. The van der Waals surface area contributed by atoms with E-state index < -0.39 is 0 Å². The third-order valence-corrected chi connectivity index (χ3v) is 18.2. The van der Waals surface area contributed by atoms with E-state index in [0.717, 1.165) is 100 Å². The van der Waals surface area contributed by atoms with E-state index in [1.54, 1.807) is 112 Å². The van der Waals surface area contributed by atoms with Crippen LogP contribution < -0.4 is 0 Å². The summed E-state index contributed by atoms with van der Waals surface area (Å²) in [6, 6.07) is 77.7. The van der Waals surface area contributed by atoms with Gasteiger partial charge in [-0.15, -0.1) is 0 Å². The Morgan fingerprint density at radius 2 is 0.250 bits per heavy atom. The van der Waals surface area contributed by atoms with E-state index >= 15 is 0 Å². The summed E-state index contributed by atoms with van der Waals surface area (Å²) >= 11 is 0. The summed E-state index contributed by atoms with van der Waals surface area (Å²) in [7, 11) is 0. The summed E-state index contributed by atoms with van der Waals surface area (Å²) < 4.78 is 0. The Kier molecular flexibility index (Phi) is 24.7. The van der Waals surface area contributed by atoms with Gasteiger partial charge in [-0.3, -0.25) is 59.8 Å². The van der Waals surface area contributed by atoms with Crippen molar-refractivity contribution in [3.63, 3.8) is 0 Å². The van der Waals surface area contributed by atoms with E-state index in [-0.39, 0.29) is 0 Å². The van der Waals surface area contributed by atoms with Gasteiger partial charge in [0.15, 0.2) is 34.9 Å². The average Bonchev–Trinajstić information content (AvgIpc) is 0.955. The lowest BCUT2D eigenvalue weighted by atomic mass is 9.94. The number of pyridine rings is 12. The fraction of sp³-hybridized carbons (Fsp3) is 0. The molecule has 0 atom stereocenters. The van der Waals surface area contributed by atoms with Crippen molar-refractivity contribution < 1.29 is 0 Å². The second kappa shape index (κ2) is 38.7. The van der Waals surface area contributed by atoms with Crippen molar-refractivity contribution in [2.45, 2.75) is 0 Å². The molecule has 19 rings (SSSR count). The third kappa shape index (κ3) is 20.6. The molecule has 0 amide bonds. The molecule has 0 aliphatic rings. The van der Waals surface area contributed by atoms with Crippen LogP contribution in [0.2, 0.25) is 0 Å². The lowest BCUT2D eigenvalue weighted by Crippen LogP contribution is -2.01. The Bertz CT molecular complexity index is 5900. The predicted octanol–water partition coefficient (Wildman–Crippen LogP) is 18.2. The fourth-order valence-corrected chi connectivity index (χ4v) is 12.1. The highest BCUT2D eigenvalue weighted by atomic mass is 15.1. The molecule has 0 saturated carbocycles. The number of rotatable bonds is 12. The van der Waals surface area contributed by atoms with E-state index in [9.17, 15) is 0 Å². The first-order valence-electron chi connectivity index (χ1n) is 37.6. The molecule has 0 N–H and O–H groups in total. The zero-order valence-corrected chi connectivity index (χ0v) is 63.8. The number of nitrogens with zero attached hydrogens (tertiary/aromatic N) is 21. The Morgan fingerprint density at radius 3 is 0.433 bits per heavy atom. The minimum atomic E-state index is 0.292. The van der Waals surface area contributed by atoms with Crippen molar-refractivity contribution in [1.82, 2.24) is 105 Å². The largest absolute Gasteiger partial charge is 0.265 e. The maximum absolute atomic E-state index is 4.92. The molecule has 0 radical (unpaired) electrons. The van der Waals surface area contributed by atoms with E-state index in [0.29, 0.717) is 52.4 Å². The Labute approximate surface area is 690 Å². The van der Waals surface area contributed by atoms with Crippen LogP contribution in [0.5, 0.6) is 0 Å². The summed E-state index contributed by atoms with van der Waals surface area (Å²) in [6.07, 6.45) is 42.1. The van der Waals surface area contributed by atoms with Crippen LogP contribution in [0.15, 0.2) is 385 Å². The molecule has 15 heterocycles. The summed E-state index contributed by atoms with van der Waals surface area (Å²) in [5, 5.41) is 0. The van der Waals surface area contributed by atoms with Gasteiger partial charge in [-0.2, -0.15) is 15.0 Å². The normalized spacial score (nSPS) is 10.3. The molecule has 120 heavy (non-hydrogen) atoms. The van der Waals surface area contributed by atoms with Crippen LogP contribution in [0.3, 0.4) is 0 Å². The van der Waals surface area contributed by atoms with Gasteiger partial charge < -0.3 is 0 Å². The van der Waals surface area contributed by atoms with E-state index in [2.05, 4.69) is 216 Å². The van der Waals surface area contributed by atoms with E-state index in [1.807, 2.05) is 183 Å². The molecule has 19 aromatic rings. The molecule has 564 valence electrons. The smallest absolute Gasteiger partial charge is 0.210 e. The van der Waals surface area contributed by atoms with Gasteiger partial charge in [0.25, 0.3) is 0 Å². The SMILES string of the molecule is C(#Cc1nc(C#Cc2ccncc2)nc(C#Cc2ccncc2)n1)c1ccncc1.c1cc(-c2cc(-c3ccncc3)cc(-c3ccncc3)c2)ccn1.c1cc(-c2ccc(-c3nc(-c4ccc(-c5ccncc5)cc4)nc(-c4ccc(-c5ccncc5)cc4)n3)cc2)ccn1.c1cc(-c2nc(-c3ccncc3)nc(-c3ccncc3)n2)ccn1. The molecular weight excluding hydrogens is 1480 g/mol. The Morgan fingerprint density at radius 1 is 0.117 bits per heavy atom. The van der Waals surface area contributed by atoms with Crippen molar-refractivity contribution in [3.8, 4) is 171 Å². The first kappa shape index (κ1) is 76.4. The molecule has 15 aromatic heterocycles. The number of benzene rings is 4. The molecule has 0 bridgehead atoms. The quantitative estimate of drug-likeness (QED) is 0.103. The van der Waals surface area contributed by atoms with Crippen molar-refractivity contribution in [3.05, 3.63) is 419 Å². The summed E-state index contributed by atoms with van der Waals surface area (Å²) in [5.74, 6) is 22.4. The highest BCUT2D eigenvalue weighted by Crippen LogP contribution is 2.34. The first-order chi connectivity index (χ1) is 59.4. The molecule has 0 saturated heterocycles. The van der Waals surface area contributed by atoms with Crippen molar-refractivity contribution in [2.24, 2.45) is 0 Å². The van der Waals surface area contributed by atoms with Gasteiger partial charge in [0.05, 0.1) is 0 Å². The van der Waals surface area contributed by atoms with Gasteiger partial charge in [-0.25, -0.2) is 29.9 Å². The standard InChI is InChI=1S/C36H24N6.C24H12N6.C21H15N3.C18H12N6/c1-7-31(8-2-25(1)28-13-19-37-20-14-28)34-40-35(32-9-3-26(4-10-32)29-15-21-38-22-16-29)42-36(41-34)33-11-5-27(6-12-33)30-17-23-39-24-18-30;1(19-7-13-25-14-8-19)4-22-28-23(5-2-20-9-15-26-16-10-20)30-24(29-22)6-3-21-11-17-27-18-12-21;1-7-22-8-2-16(1)19-13-20(17-3-9-23-10-4-17)15-21(14-19)18-5-11-24-12-6-18;1-7-19-8-2-13(1)16-22-17(14-3-9-20-10-4-14)24-18(23-16)15-5-11-21-12-6-15/h1-24H;7-18H;1-15H;1-12H. The number of aromatic nitrogens is 21. The van der Waals surface area contributed by atoms with Crippen molar-refractivity contribution in [1.29, 1.82) is 0 Å². The third-order valence-electron chi connectivity index (χ3n) is 18.2. The summed E-state index contributed by atoms with van der Waals surface area (Å²) in [4.78, 5) is 90.4. The highest BCUT2D eigenvalue weighted by Gasteiger charge is 2.17. The maximum atomic E-state index is 4.92. The van der Waals surface area contributed by atoms with Gasteiger partial charge in [-0.05, 0) is 248 Å². The molecule has 21 nitrogen and oxygen atoms in total. The molecule has 0 unspecified atom stereocenters. The molecule has 0 fully saturated rings. The summed E-state index contributed by atoms with van der Waals surface area (Å²) in [5.41, 5.74) is 21.4. The second-order valence-electron chi connectivity index (χ2n) is 26.0. The minimum Gasteiger partial charge on any atom is -0.265 e. The van der Waals surface area contributed by atoms with Crippen LogP contribution >= 0.6 is 0 Å². The van der Waals surface area contributed by atoms with Crippen LogP contribution in [0.25, 0.3) is 135 Å². The van der Waals surface area contributed by atoms with Crippen molar-refractivity contribution >= 4 is 0 Å². The van der Waals surface area contributed by atoms with E-state index in [1.165, 1.54) is 16.7 Å². The average molecular weight is 1550 g/mol. The molecular formula is C99H63N21. The van der Waals surface area contributed by atoms with Crippen LogP contribution in [-0.4, -0.2) is 105 Å². The van der Waals surface area contributed by atoms with Crippen molar-refractivity contribution in [2.75, 3.05) is 0 Å². The van der Waals surface area contributed by atoms with Crippen LogP contribution in [0.1, 0.15) is 34.2 Å². The van der Waals surface area contributed by atoms with Gasteiger partial charge >= 0.3 is 0 Å². The van der Waals surface area contributed by atoms with Crippen LogP contribution in [0.4, 0.5) is 0 Å². The highest BCUT2D eigenvalue weighted by molar-refractivity contribution is 5.81. The summed E-state index contributed by atoms with van der Waals surface area (Å²) in [6.45, 7) is 0. The molecule has 0 spiro atoms.